The number of halogens is 1. The highest BCUT2D eigenvalue weighted by Gasteiger charge is 2.22. The number of fused-ring (bicyclic) bond motifs is 1. The Labute approximate surface area is 191 Å². The zero-order valence-electron chi connectivity index (χ0n) is 19.5. The average Bonchev–Trinajstić information content (AvgIpc) is 3.16. The minimum atomic E-state index is -0.443. The van der Waals surface area contributed by atoms with E-state index in [1.54, 1.807) is 23.8 Å². The number of allylic oxidation sites excluding steroid dienone is 5. The average molecular weight is 453 g/mol. The fourth-order valence-corrected chi connectivity index (χ4v) is 3.58. The molecule has 0 unspecified atom stereocenters. The molecule has 0 aliphatic rings. The van der Waals surface area contributed by atoms with Gasteiger partial charge >= 0.3 is 11.7 Å². The molecule has 0 aliphatic carbocycles. The van der Waals surface area contributed by atoms with E-state index in [0.29, 0.717) is 17.7 Å². The Hall–Kier alpha value is -3.68. The maximum absolute atomic E-state index is 13.4. The molecule has 174 valence electrons. The molecule has 0 radical (unpaired) electrons. The molecule has 0 aliphatic heterocycles. The number of rotatable bonds is 9. The van der Waals surface area contributed by atoms with Crippen molar-refractivity contribution in [3.8, 4) is 11.8 Å². The van der Waals surface area contributed by atoms with Crippen LogP contribution < -0.4 is 16.0 Å². The quantitative estimate of drug-likeness (QED) is 0.443. The maximum atomic E-state index is 13.4. The van der Waals surface area contributed by atoms with Gasteiger partial charge in [-0.3, -0.25) is 18.5 Å². The van der Waals surface area contributed by atoms with E-state index >= 15 is 0 Å². The van der Waals surface area contributed by atoms with E-state index in [-0.39, 0.29) is 36.1 Å². The van der Waals surface area contributed by atoms with Crippen LogP contribution >= 0.6 is 0 Å². The Balaban J connectivity index is 2.31. The number of imidazole rings is 1. The molecule has 0 saturated carbocycles. The van der Waals surface area contributed by atoms with Crippen LogP contribution in [0.3, 0.4) is 0 Å². The molecular formula is C25H29FN4O3. The molecule has 0 saturated heterocycles. The molecule has 3 rings (SSSR count). The topological polar surface area (TPSA) is 71.1 Å². The van der Waals surface area contributed by atoms with Crippen molar-refractivity contribution >= 4 is 11.2 Å². The summed E-state index contributed by atoms with van der Waals surface area (Å²) in [5.74, 6) is 0.255. The highest BCUT2D eigenvalue weighted by atomic mass is 19.1. The van der Waals surface area contributed by atoms with E-state index in [1.165, 1.54) is 22.1 Å². The lowest BCUT2D eigenvalue weighted by molar-refractivity contribution is 0.417. The van der Waals surface area contributed by atoms with Crippen LogP contribution in [0.1, 0.15) is 32.8 Å². The van der Waals surface area contributed by atoms with Crippen molar-refractivity contribution in [3.63, 3.8) is 0 Å². The molecule has 0 N–H and O–H groups in total. The Bertz CT molecular complexity index is 1350. The fourth-order valence-electron chi connectivity index (χ4n) is 3.58. The van der Waals surface area contributed by atoms with Crippen LogP contribution in [0.15, 0.2) is 70.1 Å². The standard InChI is InChI=1S/C25H29FN4O3/c1-6-15-29-23(31)21-22(28(5)25(29)32)27-24(33-20-12-10-9-11-19(20)8-3)30(21)16-18(7-2)14-13-17(4)26/h7,9-14H,2,6,8,15-16H2,1,3-5H3/b17-13+,18-14+. The second-order valence-electron chi connectivity index (χ2n) is 7.71. The molecule has 2 aromatic heterocycles. The number of hydrogen-bond donors (Lipinski definition) is 0. The summed E-state index contributed by atoms with van der Waals surface area (Å²) in [7, 11) is 1.58. The van der Waals surface area contributed by atoms with Gasteiger partial charge in [0.15, 0.2) is 11.2 Å². The number of aromatic nitrogens is 4. The third-order valence-electron chi connectivity index (χ3n) is 5.33. The lowest BCUT2D eigenvalue weighted by atomic mass is 10.1. The summed E-state index contributed by atoms with van der Waals surface area (Å²) < 4.78 is 23.7. The molecule has 0 amide bonds. The van der Waals surface area contributed by atoms with Crippen LogP contribution in [0, 0.1) is 0 Å². The molecule has 0 spiro atoms. The van der Waals surface area contributed by atoms with Gasteiger partial charge in [0, 0.05) is 13.6 Å². The second kappa shape index (κ2) is 10.3. The summed E-state index contributed by atoms with van der Waals surface area (Å²) in [5.41, 5.74) is 1.21. The zero-order valence-corrected chi connectivity index (χ0v) is 19.5. The van der Waals surface area contributed by atoms with Crippen LogP contribution in [0.2, 0.25) is 0 Å². The summed E-state index contributed by atoms with van der Waals surface area (Å²) in [4.78, 5) is 30.7. The van der Waals surface area contributed by atoms with Gasteiger partial charge in [0.25, 0.3) is 5.56 Å². The van der Waals surface area contributed by atoms with Crippen molar-refractivity contribution in [2.45, 2.75) is 46.7 Å². The molecule has 7 nitrogen and oxygen atoms in total. The second-order valence-corrected chi connectivity index (χ2v) is 7.71. The van der Waals surface area contributed by atoms with Gasteiger partial charge in [-0.15, -0.1) is 0 Å². The minimum Gasteiger partial charge on any atom is -0.425 e. The van der Waals surface area contributed by atoms with Gasteiger partial charge in [-0.25, -0.2) is 9.18 Å². The maximum Gasteiger partial charge on any atom is 0.332 e. The highest BCUT2D eigenvalue weighted by molar-refractivity contribution is 5.72. The van der Waals surface area contributed by atoms with E-state index in [9.17, 15) is 14.0 Å². The predicted molar refractivity (Wildman–Crippen MR) is 129 cm³/mol. The van der Waals surface area contributed by atoms with Crippen LogP contribution in [0.25, 0.3) is 11.2 Å². The Kier molecular flexibility index (Phi) is 7.48. The van der Waals surface area contributed by atoms with E-state index in [2.05, 4.69) is 11.6 Å². The van der Waals surface area contributed by atoms with E-state index in [0.717, 1.165) is 12.0 Å². The Morgan fingerprint density at radius 2 is 1.91 bits per heavy atom. The molecule has 2 heterocycles. The van der Waals surface area contributed by atoms with Gasteiger partial charge in [-0.05, 0) is 43.0 Å². The third kappa shape index (κ3) is 4.89. The van der Waals surface area contributed by atoms with Gasteiger partial charge in [-0.2, -0.15) is 4.98 Å². The number of benzene rings is 1. The Morgan fingerprint density at radius 3 is 2.55 bits per heavy atom. The van der Waals surface area contributed by atoms with E-state index < -0.39 is 11.2 Å². The monoisotopic (exact) mass is 452 g/mol. The van der Waals surface area contributed by atoms with Crippen molar-refractivity contribution in [2.24, 2.45) is 7.05 Å². The molecule has 33 heavy (non-hydrogen) atoms. The van der Waals surface area contributed by atoms with Crippen molar-refractivity contribution in [3.05, 3.63) is 86.9 Å². The third-order valence-corrected chi connectivity index (χ3v) is 5.33. The van der Waals surface area contributed by atoms with Crippen LogP contribution in [-0.4, -0.2) is 18.7 Å². The first-order chi connectivity index (χ1) is 15.8. The first-order valence-electron chi connectivity index (χ1n) is 10.9. The largest absolute Gasteiger partial charge is 0.425 e. The molecule has 0 bridgehead atoms. The lowest BCUT2D eigenvalue weighted by Crippen LogP contribution is -2.39. The van der Waals surface area contributed by atoms with Gasteiger partial charge < -0.3 is 4.74 Å². The van der Waals surface area contributed by atoms with Crippen molar-refractivity contribution in [1.29, 1.82) is 0 Å². The number of para-hydroxylation sites is 1. The van der Waals surface area contributed by atoms with Crippen molar-refractivity contribution < 1.29 is 9.13 Å². The van der Waals surface area contributed by atoms with Gasteiger partial charge in [0.2, 0.25) is 0 Å². The van der Waals surface area contributed by atoms with Gasteiger partial charge in [0.1, 0.15) is 5.75 Å². The van der Waals surface area contributed by atoms with Gasteiger partial charge in [-0.1, -0.05) is 50.8 Å². The van der Waals surface area contributed by atoms with Crippen LogP contribution in [0.5, 0.6) is 11.8 Å². The Morgan fingerprint density at radius 1 is 1.18 bits per heavy atom. The van der Waals surface area contributed by atoms with E-state index in [1.807, 2.05) is 38.1 Å². The molecule has 8 heteroatoms. The number of nitrogens with zero attached hydrogens (tertiary/aromatic N) is 4. The summed E-state index contributed by atoms with van der Waals surface area (Å²) in [6.45, 7) is 9.51. The van der Waals surface area contributed by atoms with Crippen molar-refractivity contribution in [1.82, 2.24) is 18.7 Å². The lowest BCUT2D eigenvalue weighted by Gasteiger charge is -2.13. The summed E-state index contributed by atoms with van der Waals surface area (Å²) in [5, 5.41) is 0. The highest BCUT2D eigenvalue weighted by Crippen LogP contribution is 2.28. The van der Waals surface area contributed by atoms with Crippen LogP contribution in [-0.2, 0) is 26.6 Å². The predicted octanol–water partition coefficient (Wildman–Crippen LogP) is 4.65. The normalized spacial score (nSPS) is 12.4. The van der Waals surface area contributed by atoms with Crippen LogP contribution in [0.4, 0.5) is 4.39 Å². The molecule has 1 aromatic carbocycles. The molecule has 0 fully saturated rings. The SMILES string of the molecule is C=C/C(=C\C=C(/C)F)Cn1c(Oc2ccccc2CC)nc2c1c(=O)n(CCC)c(=O)n2C. The molecular weight excluding hydrogens is 423 g/mol. The first kappa shape index (κ1) is 24.0. The summed E-state index contributed by atoms with van der Waals surface area (Å²) >= 11 is 0. The summed E-state index contributed by atoms with van der Waals surface area (Å²) in [6.07, 6.45) is 5.87. The minimum absolute atomic E-state index is 0.160. The number of ether oxygens (including phenoxy) is 1. The molecule has 3 aromatic rings. The summed E-state index contributed by atoms with van der Waals surface area (Å²) in [6, 6.07) is 7.73. The first-order valence-corrected chi connectivity index (χ1v) is 10.9. The fraction of sp³-hybridized carbons (Fsp3) is 0.320. The van der Waals surface area contributed by atoms with Gasteiger partial charge in [0.05, 0.1) is 12.4 Å². The number of hydrogen-bond acceptors (Lipinski definition) is 4. The van der Waals surface area contributed by atoms with E-state index in [4.69, 9.17) is 4.74 Å². The number of aryl methyl sites for hydroxylation is 2. The molecule has 0 atom stereocenters. The zero-order chi connectivity index (χ0) is 24.1. The van der Waals surface area contributed by atoms with Crippen molar-refractivity contribution in [2.75, 3.05) is 0 Å². The smallest absolute Gasteiger partial charge is 0.332 e.